The largest absolute Gasteiger partial charge is 0.491 e. The third kappa shape index (κ3) is 1.18. The van der Waals surface area contributed by atoms with Gasteiger partial charge in [-0.2, -0.15) is 0 Å². The summed E-state index contributed by atoms with van der Waals surface area (Å²) in [6, 6.07) is 8.17. The van der Waals surface area contributed by atoms with Crippen LogP contribution in [-0.2, 0) is 0 Å². The summed E-state index contributed by atoms with van der Waals surface area (Å²) in [6.45, 7) is 0.625. The summed E-state index contributed by atoms with van der Waals surface area (Å²) in [5.74, 6) is 1.47. The number of para-hydroxylation sites is 1. The number of anilines is 1. The van der Waals surface area contributed by atoms with E-state index in [2.05, 4.69) is 11.1 Å². The van der Waals surface area contributed by atoms with Gasteiger partial charge in [0.2, 0.25) is 5.95 Å². The maximum absolute atomic E-state index is 5.77. The summed E-state index contributed by atoms with van der Waals surface area (Å²) >= 11 is 0. The number of rotatable bonds is 1. The lowest BCUT2D eigenvalue weighted by Gasteiger charge is -2.11. The van der Waals surface area contributed by atoms with Gasteiger partial charge < -0.3 is 15.0 Å². The summed E-state index contributed by atoms with van der Waals surface area (Å²) < 4.78 is 7.52. The van der Waals surface area contributed by atoms with Gasteiger partial charge in [-0.15, -0.1) is 0 Å². The van der Waals surface area contributed by atoms with Gasteiger partial charge in [-0.25, -0.2) is 4.98 Å². The molecule has 0 fully saturated rings. The summed E-state index contributed by atoms with van der Waals surface area (Å²) in [7, 11) is 0. The fourth-order valence-corrected chi connectivity index (χ4v) is 1.96. The number of imidazole rings is 1. The molecule has 1 aromatic carbocycles. The van der Waals surface area contributed by atoms with E-state index in [1.807, 2.05) is 29.0 Å². The Morgan fingerprint density at radius 3 is 3.07 bits per heavy atom. The molecule has 3 rings (SSSR count). The van der Waals surface area contributed by atoms with Crippen molar-refractivity contribution in [2.24, 2.45) is 0 Å². The molecular formula is C11H11N3O. The number of nitrogens with zero attached hydrogens (tertiary/aromatic N) is 2. The average Bonchev–Trinajstić information content (AvgIpc) is 2.83. The Morgan fingerprint density at radius 2 is 2.27 bits per heavy atom. The SMILES string of the molecule is Nc1nccn1C1COc2ccccc21. The minimum absolute atomic E-state index is 0.156. The van der Waals surface area contributed by atoms with Gasteiger partial charge in [-0.3, -0.25) is 0 Å². The highest BCUT2D eigenvalue weighted by Crippen LogP contribution is 2.35. The first-order valence-electron chi connectivity index (χ1n) is 4.86. The van der Waals surface area contributed by atoms with Crippen LogP contribution in [0.25, 0.3) is 0 Å². The van der Waals surface area contributed by atoms with Gasteiger partial charge in [-0.05, 0) is 6.07 Å². The van der Waals surface area contributed by atoms with Gasteiger partial charge in [0.05, 0.1) is 6.04 Å². The minimum atomic E-state index is 0.156. The van der Waals surface area contributed by atoms with E-state index in [-0.39, 0.29) is 6.04 Å². The molecule has 4 nitrogen and oxygen atoms in total. The summed E-state index contributed by atoms with van der Waals surface area (Å²) in [5.41, 5.74) is 6.94. The zero-order chi connectivity index (χ0) is 10.3. The Kier molecular flexibility index (Phi) is 1.68. The molecule has 0 radical (unpaired) electrons. The molecule has 4 heteroatoms. The molecular weight excluding hydrogens is 190 g/mol. The van der Waals surface area contributed by atoms with Crippen molar-refractivity contribution >= 4 is 5.95 Å². The smallest absolute Gasteiger partial charge is 0.200 e. The zero-order valence-corrected chi connectivity index (χ0v) is 8.13. The molecule has 1 unspecified atom stereocenters. The van der Waals surface area contributed by atoms with Crippen molar-refractivity contribution in [3.63, 3.8) is 0 Å². The van der Waals surface area contributed by atoms with E-state index in [9.17, 15) is 0 Å². The number of nitrogen functional groups attached to an aromatic ring is 1. The molecule has 0 amide bonds. The maximum Gasteiger partial charge on any atom is 0.200 e. The van der Waals surface area contributed by atoms with E-state index in [4.69, 9.17) is 10.5 Å². The molecule has 2 heterocycles. The third-order valence-corrected chi connectivity index (χ3v) is 2.71. The van der Waals surface area contributed by atoms with Crippen LogP contribution >= 0.6 is 0 Å². The lowest BCUT2D eigenvalue weighted by Crippen LogP contribution is -2.13. The van der Waals surface area contributed by atoms with Crippen LogP contribution in [0.2, 0.25) is 0 Å². The number of hydrogen-bond donors (Lipinski definition) is 1. The fourth-order valence-electron chi connectivity index (χ4n) is 1.96. The standard InChI is InChI=1S/C11H11N3O/c12-11-13-5-6-14(11)9-7-15-10-4-2-1-3-8(9)10/h1-6,9H,7H2,(H2,12,13). The van der Waals surface area contributed by atoms with Crippen LogP contribution in [0.15, 0.2) is 36.7 Å². The highest BCUT2D eigenvalue weighted by Gasteiger charge is 2.25. The Balaban J connectivity index is 2.08. The van der Waals surface area contributed by atoms with Gasteiger partial charge in [-0.1, -0.05) is 18.2 Å². The van der Waals surface area contributed by atoms with Gasteiger partial charge in [0, 0.05) is 18.0 Å². The molecule has 0 saturated carbocycles. The van der Waals surface area contributed by atoms with Gasteiger partial charge in [0.1, 0.15) is 12.4 Å². The third-order valence-electron chi connectivity index (χ3n) is 2.71. The van der Waals surface area contributed by atoms with Crippen LogP contribution < -0.4 is 10.5 Å². The number of benzene rings is 1. The van der Waals surface area contributed by atoms with Crippen LogP contribution in [-0.4, -0.2) is 16.2 Å². The van der Waals surface area contributed by atoms with E-state index >= 15 is 0 Å². The molecule has 0 spiro atoms. The monoisotopic (exact) mass is 201 g/mol. The van der Waals surface area contributed by atoms with Crippen LogP contribution in [0.4, 0.5) is 5.95 Å². The zero-order valence-electron chi connectivity index (χ0n) is 8.13. The summed E-state index contributed by atoms with van der Waals surface area (Å²) in [4.78, 5) is 4.02. The Morgan fingerprint density at radius 1 is 1.40 bits per heavy atom. The number of hydrogen-bond acceptors (Lipinski definition) is 3. The van der Waals surface area contributed by atoms with E-state index in [0.29, 0.717) is 12.6 Å². The number of aromatic nitrogens is 2. The van der Waals surface area contributed by atoms with Crippen molar-refractivity contribution < 1.29 is 4.74 Å². The minimum Gasteiger partial charge on any atom is -0.491 e. The normalized spacial score (nSPS) is 18.5. The van der Waals surface area contributed by atoms with Crippen molar-refractivity contribution in [1.29, 1.82) is 0 Å². The maximum atomic E-state index is 5.77. The van der Waals surface area contributed by atoms with Crippen molar-refractivity contribution in [3.05, 3.63) is 42.2 Å². The molecule has 0 saturated heterocycles. The van der Waals surface area contributed by atoms with E-state index in [0.717, 1.165) is 5.75 Å². The van der Waals surface area contributed by atoms with Gasteiger partial charge in [0.15, 0.2) is 0 Å². The Bertz CT molecular complexity index is 492. The molecule has 0 bridgehead atoms. The predicted octanol–water partition coefficient (Wildman–Crippen LogP) is 1.45. The van der Waals surface area contributed by atoms with Crippen LogP contribution in [0.3, 0.4) is 0 Å². The van der Waals surface area contributed by atoms with Crippen molar-refractivity contribution in [1.82, 2.24) is 9.55 Å². The van der Waals surface area contributed by atoms with Crippen molar-refractivity contribution in [2.75, 3.05) is 12.3 Å². The fraction of sp³-hybridized carbons (Fsp3) is 0.182. The molecule has 0 aliphatic carbocycles. The van der Waals surface area contributed by atoms with Crippen LogP contribution in [0, 0.1) is 0 Å². The second kappa shape index (κ2) is 3.02. The Labute approximate surface area is 87.3 Å². The topological polar surface area (TPSA) is 53.1 Å². The molecule has 2 N–H and O–H groups in total. The number of ether oxygens (including phenoxy) is 1. The number of fused-ring (bicyclic) bond motifs is 1. The van der Waals surface area contributed by atoms with E-state index < -0.39 is 0 Å². The molecule has 15 heavy (non-hydrogen) atoms. The Hall–Kier alpha value is -1.97. The molecule has 1 aromatic heterocycles. The highest BCUT2D eigenvalue weighted by molar-refractivity contribution is 5.41. The van der Waals surface area contributed by atoms with E-state index in [1.165, 1.54) is 5.56 Å². The lowest BCUT2D eigenvalue weighted by atomic mass is 10.1. The molecule has 2 aromatic rings. The first-order valence-corrected chi connectivity index (χ1v) is 4.86. The van der Waals surface area contributed by atoms with Crippen LogP contribution in [0.1, 0.15) is 11.6 Å². The quantitative estimate of drug-likeness (QED) is 0.759. The average molecular weight is 201 g/mol. The van der Waals surface area contributed by atoms with Crippen molar-refractivity contribution in [3.8, 4) is 5.75 Å². The van der Waals surface area contributed by atoms with Gasteiger partial charge in [0.25, 0.3) is 0 Å². The molecule has 1 aliphatic rings. The lowest BCUT2D eigenvalue weighted by molar-refractivity contribution is 0.318. The molecule has 1 atom stereocenters. The van der Waals surface area contributed by atoms with Gasteiger partial charge >= 0.3 is 0 Å². The number of nitrogens with two attached hydrogens (primary N) is 1. The van der Waals surface area contributed by atoms with Crippen molar-refractivity contribution in [2.45, 2.75) is 6.04 Å². The summed E-state index contributed by atoms with van der Waals surface area (Å²) in [5, 5.41) is 0. The second-order valence-electron chi connectivity index (χ2n) is 3.56. The second-order valence-corrected chi connectivity index (χ2v) is 3.56. The predicted molar refractivity (Wildman–Crippen MR) is 56.7 cm³/mol. The summed E-state index contributed by atoms with van der Waals surface area (Å²) in [6.07, 6.45) is 3.59. The van der Waals surface area contributed by atoms with Crippen LogP contribution in [0.5, 0.6) is 5.75 Å². The first kappa shape index (κ1) is 8.35. The molecule has 76 valence electrons. The van der Waals surface area contributed by atoms with E-state index in [1.54, 1.807) is 6.20 Å². The highest BCUT2D eigenvalue weighted by atomic mass is 16.5. The molecule has 1 aliphatic heterocycles. The first-order chi connectivity index (χ1) is 7.36.